The molecule has 16 rings (SSSR count). The van der Waals surface area contributed by atoms with Crippen LogP contribution in [0.2, 0.25) is 20.1 Å². The minimum atomic E-state index is -0.0618. The largest absolute Gasteiger partial charge is 0.366 e. The van der Waals surface area contributed by atoms with Gasteiger partial charge in [-0.25, -0.2) is 29.9 Å². The number of aryl methyl sites for hydroxylation is 4. The van der Waals surface area contributed by atoms with Crippen LogP contribution in [0.4, 0.5) is 70.1 Å². The standard InChI is InChI=1S/C21H30ClN7O.C20H25ClN8O.C18H24ClN7O.C17H24ClN7/c1-3-18(30)29-10-8-21(9-11-29)6-4-15(5-7-21)25-19-16(22)12-23-20(27-19)26-17-13-28(2)14-24-17;1-2-5-29-12-16(8-24-29)26-20-23-9-17(21)19(27-20)25-15-6-13-10-28(11-14(13)7-15)18(30)3-4-22;1-3-16(27)26-7-11-4-13(5-12(11)8-26)22-17-14(19)6-20-18(24-17)23-15-9-25(2)10-21-15;1-2-3-25-10-14(8-21-25)23-17-20-9-15(18)16(24-17)22-13-4-11-6-19-7-12(11)5-13/h12-15H,3-11H2,1-2H3,(H2,23,25,26,27);8-9,12-15H,2-3,5-7,10-11H2,1H3,(H2,23,25,26,27);6,9-13H,3-5,7-8H2,1-2H3,(H2,20,22,23,24);8-13,19H,2-7H2,1H3,(H2,20,22,23,24). The van der Waals surface area contributed by atoms with Gasteiger partial charge in [0.2, 0.25) is 41.5 Å². The predicted octanol–water partition coefficient (Wildman–Crippen LogP) is 12.6. The quantitative estimate of drug-likeness (QED) is 0.0287. The molecule has 8 fully saturated rings. The van der Waals surface area contributed by atoms with Gasteiger partial charge in [-0.2, -0.15) is 35.4 Å². The highest BCUT2D eigenvalue weighted by Crippen LogP contribution is 2.47. The summed E-state index contributed by atoms with van der Waals surface area (Å²) in [4.78, 5) is 85.4. The van der Waals surface area contributed by atoms with Gasteiger partial charge >= 0.3 is 0 Å². The van der Waals surface area contributed by atoms with Crippen LogP contribution in [-0.4, -0.2) is 187 Å². The number of aromatic nitrogens is 16. The fourth-order valence-corrected chi connectivity index (χ4v) is 17.7. The summed E-state index contributed by atoms with van der Waals surface area (Å²) in [5.74, 6) is 9.98. The van der Waals surface area contributed by atoms with E-state index in [1.165, 1.54) is 25.7 Å². The van der Waals surface area contributed by atoms with Crippen molar-refractivity contribution >= 4 is 134 Å². The summed E-state index contributed by atoms with van der Waals surface area (Å²) in [6, 6.07) is 3.29. The van der Waals surface area contributed by atoms with Crippen molar-refractivity contribution in [3.8, 4) is 6.07 Å². The Labute approximate surface area is 673 Å². The van der Waals surface area contributed by atoms with Crippen LogP contribution in [0.5, 0.6) is 0 Å². The van der Waals surface area contributed by atoms with Crippen LogP contribution in [0, 0.1) is 52.3 Å². The monoisotopic (exact) mass is 1610 g/mol. The smallest absolute Gasteiger partial charge is 0.236 e. The van der Waals surface area contributed by atoms with E-state index in [0.717, 1.165) is 153 Å². The van der Waals surface area contributed by atoms with Crippen LogP contribution in [0.3, 0.4) is 0 Å². The van der Waals surface area contributed by atoms with Gasteiger partial charge in [-0.05, 0) is 144 Å². The van der Waals surface area contributed by atoms with E-state index < -0.39 is 0 Å². The molecular weight excluding hydrogens is 1510 g/mol. The maximum absolute atomic E-state index is 12.0. The van der Waals surface area contributed by atoms with Crippen molar-refractivity contribution in [2.75, 3.05) is 94.9 Å². The highest BCUT2D eigenvalue weighted by Gasteiger charge is 2.45. The van der Waals surface area contributed by atoms with Gasteiger partial charge in [-0.1, -0.05) is 74.1 Å². The number of piperidine rings is 1. The van der Waals surface area contributed by atoms with E-state index in [-0.39, 0.29) is 30.2 Å². The number of carbonyl (C=O) groups is 3. The van der Waals surface area contributed by atoms with Gasteiger partial charge in [-0.3, -0.25) is 23.7 Å². The molecule has 8 aromatic heterocycles. The molecule has 3 amide bonds. The van der Waals surface area contributed by atoms with Crippen molar-refractivity contribution in [2.45, 2.75) is 174 Å². The normalized spacial score (nSPS) is 22.6. The third kappa shape index (κ3) is 21.1. The second-order valence-electron chi connectivity index (χ2n) is 31.0. The lowest BCUT2D eigenvalue weighted by Gasteiger charge is -2.46. The van der Waals surface area contributed by atoms with E-state index in [1.807, 2.05) is 92.0 Å². The van der Waals surface area contributed by atoms with E-state index in [2.05, 4.69) is 122 Å². The third-order valence-electron chi connectivity index (χ3n) is 22.8. The molecule has 4 saturated carbocycles. The average Bonchev–Trinajstić information content (AvgIpc) is 1.47. The Balaban J connectivity index is 0.000000131. The van der Waals surface area contributed by atoms with Gasteiger partial charge < -0.3 is 71.7 Å². The third-order valence-corrected chi connectivity index (χ3v) is 23.9. The lowest BCUT2D eigenvalue weighted by molar-refractivity contribution is -0.133. The summed E-state index contributed by atoms with van der Waals surface area (Å²) in [6.45, 7) is 17.2. The molecule has 32 nitrogen and oxygen atoms in total. The zero-order valence-corrected chi connectivity index (χ0v) is 67.5. The molecule has 6 unspecified atom stereocenters. The molecule has 4 aliphatic carbocycles. The minimum absolute atomic E-state index is 0.0369. The number of amides is 3. The van der Waals surface area contributed by atoms with E-state index in [1.54, 1.807) is 49.8 Å². The topological polar surface area (TPSA) is 367 Å². The molecule has 4 saturated heterocycles. The van der Waals surface area contributed by atoms with Crippen LogP contribution < -0.4 is 47.9 Å². The molecule has 9 N–H and O–H groups in total. The first-order valence-electron chi connectivity index (χ1n) is 39.4. The van der Waals surface area contributed by atoms with Crippen molar-refractivity contribution in [3.05, 3.63) is 94.7 Å². The van der Waals surface area contributed by atoms with Gasteiger partial charge in [0.05, 0.1) is 67.3 Å². The van der Waals surface area contributed by atoms with Gasteiger partial charge in [0.25, 0.3) is 0 Å². The molecule has 6 atom stereocenters. The zero-order valence-electron chi connectivity index (χ0n) is 64.5. The lowest BCUT2D eigenvalue weighted by atomic mass is 9.67. The van der Waals surface area contributed by atoms with Crippen molar-refractivity contribution in [2.24, 2.45) is 55.0 Å². The Morgan fingerprint density at radius 3 is 1.21 bits per heavy atom. The molecule has 1 spiro atoms. The molecule has 8 aliphatic rings. The summed E-state index contributed by atoms with van der Waals surface area (Å²) in [5, 5.41) is 49.4. The van der Waals surface area contributed by atoms with Crippen LogP contribution in [-0.2, 0) is 41.6 Å². The summed E-state index contributed by atoms with van der Waals surface area (Å²) in [7, 11) is 3.81. The first kappa shape index (κ1) is 80.6. The minimum Gasteiger partial charge on any atom is -0.366 e. The molecule has 12 heterocycles. The number of imidazole rings is 2. The molecule has 0 radical (unpaired) electrons. The SMILES string of the molecule is CCC(=O)N1CC2CC(Nc3nc(Nc4cn(C)cn4)ncc3Cl)CC2C1.CCC(=O)N1CCC2(CCC(Nc3nc(Nc4cn(C)cn4)ncc3Cl)CC2)CC1.CCCn1cc(Nc2ncc(Cl)c(NC3CC4CN(C(=O)CC#N)CC4C3)n2)cn1.CCCn1cc(Nc2ncc(Cl)c(NC3CC4CNCC4C3)n2)cn1. The second kappa shape index (κ2) is 37.5. The number of nitrogens with one attached hydrogen (secondary N) is 9. The van der Waals surface area contributed by atoms with Crippen LogP contribution >= 0.6 is 46.4 Å². The first-order valence-corrected chi connectivity index (χ1v) is 40.9. The Hall–Kier alpha value is -9.42. The number of halogens is 4. The van der Waals surface area contributed by atoms with Gasteiger partial charge in [0.1, 0.15) is 26.5 Å². The fourth-order valence-electron chi connectivity index (χ4n) is 17.1. The first-order chi connectivity index (χ1) is 54.2. The maximum Gasteiger partial charge on any atom is 0.236 e. The number of rotatable bonds is 23. The van der Waals surface area contributed by atoms with Crippen molar-refractivity contribution in [1.29, 1.82) is 5.26 Å². The second-order valence-corrected chi connectivity index (χ2v) is 32.6. The fraction of sp³-hybridized carbons (Fsp3) is 0.579. The highest BCUT2D eigenvalue weighted by atomic mass is 35.5. The van der Waals surface area contributed by atoms with Crippen molar-refractivity contribution in [3.63, 3.8) is 0 Å². The molecule has 36 heteroatoms. The molecule has 598 valence electrons. The summed E-state index contributed by atoms with van der Waals surface area (Å²) >= 11 is 25.3. The Bertz CT molecular complexity index is 4490. The summed E-state index contributed by atoms with van der Waals surface area (Å²) < 4.78 is 7.49. The van der Waals surface area contributed by atoms with Crippen molar-refractivity contribution < 1.29 is 14.4 Å². The van der Waals surface area contributed by atoms with Gasteiger partial charge in [0.15, 0.2) is 34.9 Å². The Morgan fingerprint density at radius 2 is 0.839 bits per heavy atom. The van der Waals surface area contributed by atoms with E-state index in [4.69, 9.17) is 51.7 Å². The van der Waals surface area contributed by atoms with Crippen molar-refractivity contribution in [1.82, 2.24) is 98.6 Å². The molecule has 112 heavy (non-hydrogen) atoms. The number of anilines is 12. The molecule has 8 aromatic rings. The summed E-state index contributed by atoms with van der Waals surface area (Å²) in [6.07, 6.45) is 37.3. The van der Waals surface area contributed by atoms with Gasteiger partial charge in [0, 0.05) is 128 Å². The number of hydrogen-bond acceptors (Lipinski definition) is 25. The number of hydrogen-bond donors (Lipinski definition) is 9. The van der Waals surface area contributed by atoms with E-state index >= 15 is 0 Å². The number of nitrogens with zero attached hydrogens (tertiary/aromatic N) is 20. The predicted molar refractivity (Wildman–Crippen MR) is 435 cm³/mol. The summed E-state index contributed by atoms with van der Waals surface area (Å²) in [5.41, 5.74) is 2.10. The Kier molecular flexibility index (Phi) is 27.0. The Morgan fingerprint density at radius 1 is 0.473 bits per heavy atom. The van der Waals surface area contributed by atoms with Crippen LogP contribution in [0.1, 0.15) is 137 Å². The maximum atomic E-state index is 12.0. The lowest BCUT2D eigenvalue weighted by Crippen LogP contribution is -2.45. The van der Waals surface area contributed by atoms with Crippen LogP contribution in [0.15, 0.2) is 74.6 Å². The molecule has 0 aromatic carbocycles. The number of fused-ring (bicyclic) bond motifs is 3. The van der Waals surface area contributed by atoms with Gasteiger partial charge in [-0.15, -0.1) is 0 Å². The number of carbonyl (C=O) groups excluding carboxylic acids is 3. The zero-order chi connectivity index (χ0) is 78.4. The number of nitriles is 1. The van der Waals surface area contributed by atoms with Crippen LogP contribution in [0.25, 0.3) is 0 Å². The van der Waals surface area contributed by atoms with E-state index in [9.17, 15) is 14.4 Å². The molecular formula is C76H103Cl4N29O3. The molecule has 0 bridgehead atoms. The highest BCUT2D eigenvalue weighted by molar-refractivity contribution is 6.33. The average molecular weight is 1610 g/mol. The van der Waals surface area contributed by atoms with E-state index in [0.29, 0.717) is 139 Å². The number of likely N-dealkylation sites (tertiary alicyclic amines) is 3. The molecule has 4 aliphatic heterocycles.